The van der Waals surface area contributed by atoms with E-state index in [9.17, 15) is 4.79 Å². The molecule has 1 aromatic rings. The number of likely N-dealkylation sites (tertiary alicyclic amines) is 1. The van der Waals surface area contributed by atoms with Crippen molar-refractivity contribution < 1.29 is 9.53 Å². The number of benzene rings is 1. The smallest absolute Gasteiger partial charge is 0.254 e. The summed E-state index contributed by atoms with van der Waals surface area (Å²) in [4.78, 5) is 14.4. The van der Waals surface area contributed by atoms with Gasteiger partial charge in [0.15, 0.2) is 0 Å². The van der Waals surface area contributed by atoms with Crippen LogP contribution in [0.15, 0.2) is 22.7 Å². The molecule has 2 unspecified atom stereocenters. The van der Waals surface area contributed by atoms with Crippen LogP contribution in [0, 0.1) is 6.92 Å². The minimum Gasteiger partial charge on any atom is -0.371 e. The van der Waals surface area contributed by atoms with Gasteiger partial charge in [0.05, 0.1) is 12.2 Å². The van der Waals surface area contributed by atoms with Gasteiger partial charge in [-0.15, -0.1) is 0 Å². The number of carbonyl (C=O) groups is 1. The van der Waals surface area contributed by atoms with Crippen LogP contribution in [0.3, 0.4) is 0 Å². The van der Waals surface area contributed by atoms with Gasteiger partial charge in [0.2, 0.25) is 0 Å². The van der Waals surface area contributed by atoms with Crippen LogP contribution in [0.4, 0.5) is 0 Å². The number of hydrogen-bond donors (Lipinski definition) is 0. The normalized spacial score (nSPS) is 26.4. The third-order valence-corrected chi connectivity index (χ3v) is 4.08. The number of aryl methyl sites for hydroxylation is 1. The number of halogens is 1. The summed E-state index contributed by atoms with van der Waals surface area (Å²) in [6, 6.07) is 5.86. The molecule has 1 amide bonds. The number of nitrogens with zero attached hydrogens (tertiary/aromatic N) is 1. The molecular weight excluding hydrogens is 294 g/mol. The molecule has 0 radical (unpaired) electrons. The Morgan fingerprint density at radius 2 is 1.94 bits per heavy atom. The van der Waals surface area contributed by atoms with Gasteiger partial charge >= 0.3 is 0 Å². The maximum absolute atomic E-state index is 12.5. The van der Waals surface area contributed by atoms with E-state index in [1.807, 2.05) is 30.0 Å². The molecule has 2 aliphatic heterocycles. The highest BCUT2D eigenvalue weighted by atomic mass is 79.9. The summed E-state index contributed by atoms with van der Waals surface area (Å²) in [5.41, 5.74) is 1.87. The minimum atomic E-state index is 0.125. The molecule has 2 aliphatic rings. The molecule has 0 aliphatic carbocycles. The third kappa shape index (κ3) is 2.31. The maximum Gasteiger partial charge on any atom is 0.254 e. The first-order valence-electron chi connectivity index (χ1n) is 6.34. The molecule has 2 heterocycles. The predicted molar refractivity (Wildman–Crippen MR) is 72.7 cm³/mol. The predicted octanol–water partition coefficient (Wildman–Crippen LogP) is 2.76. The van der Waals surface area contributed by atoms with Crippen LogP contribution in [0.5, 0.6) is 0 Å². The number of hydrogen-bond acceptors (Lipinski definition) is 2. The molecule has 3 nitrogen and oxygen atoms in total. The Labute approximate surface area is 115 Å². The summed E-state index contributed by atoms with van der Waals surface area (Å²) in [7, 11) is 0. The third-order valence-electron chi connectivity index (χ3n) is 3.62. The SMILES string of the molecule is Cc1cc(Br)cc(C(=O)N2CC3CCC(C2)O3)c1. The molecule has 2 bridgehead atoms. The van der Waals surface area contributed by atoms with Crippen LogP contribution in [0.1, 0.15) is 28.8 Å². The van der Waals surface area contributed by atoms with Gasteiger partial charge < -0.3 is 9.64 Å². The largest absolute Gasteiger partial charge is 0.371 e. The average Bonchev–Trinajstić information content (AvgIpc) is 2.66. The molecule has 96 valence electrons. The fourth-order valence-corrected chi connectivity index (χ4v) is 3.43. The highest BCUT2D eigenvalue weighted by Gasteiger charge is 2.35. The van der Waals surface area contributed by atoms with Gasteiger partial charge in [0.25, 0.3) is 5.91 Å². The second-order valence-electron chi connectivity index (χ2n) is 5.18. The highest BCUT2D eigenvalue weighted by molar-refractivity contribution is 9.10. The summed E-state index contributed by atoms with van der Waals surface area (Å²) in [5.74, 6) is 0.125. The van der Waals surface area contributed by atoms with Crippen molar-refractivity contribution in [2.24, 2.45) is 0 Å². The maximum atomic E-state index is 12.5. The van der Waals surface area contributed by atoms with E-state index in [1.165, 1.54) is 0 Å². The zero-order valence-corrected chi connectivity index (χ0v) is 11.9. The van der Waals surface area contributed by atoms with Crippen molar-refractivity contribution in [1.29, 1.82) is 0 Å². The Morgan fingerprint density at radius 3 is 2.56 bits per heavy atom. The number of fused-ring (bicyclic) bond motifs is 2. The second-order valence-corrected chi connectivity index (χ2v) is 6.10. The summed E-state index contributed by atoms with van der Waals surface area (Å²) in [5, 5.41) is 0. The van der Waals surface area contributed by atoms with Crippen molar-refractivity contribution >= 4 is 21.8 Å². The van der Waals surface area contributed by atoms with Gasteiger partial charge in [-0.25, -0.2) is 0 Å². The van der Waals surface area contributed by atoms with Crippen molar-refractivity contribution in [3.63, 3.8) is 0 Å². The summed E-state index contributed by atoms with van der Waals surface area (Å²) >= 11 is 3.45. The monoisotopic (exact) mass is 309 g/mol. The lowest BCUT2D eigenvalue weighted by molar-refractivity contribution is -0.0303. The number of ether oxygens (including phenoxy) is 1. The van der Waals surface area contributed by atoms with E-state index in [1.54, 1.807) is 0 Å². The molecular formula is C14H16BrNO2. The Kier molecular flexibility index (Phi) is 3.16. The zero-order chi connectivity index (χ0) is 12.7. The number of carbonyl (C=O) groups excluding carboxylic acids is 1. The van der Waals surface area contributed by atoms with E-state index >= 15 is 0 Å². The lowest BCUT2D eigenvalue weighted by Crippen LogP contribution is -2.45. The van der Waals surface area contributed by atoms with E-state index in [0.29, 0.717) is 0 Å². The van der Waals surface area contributed by atoms with Crippen LogP contribution < -0.4 is 0 Å². The standard InChI is InChI=1S/C14H16BrNO2/c1-9-4-10(6-11(15)5-9)14(17)16-7-12-2-3-13(8-16)18-12/h4-6,12-13H,2-3,7-8H2,1H3. The molecule has 4 heteroatoms. The van der Waals surface area contributed by atoms with E-state index in [-0.39, 0.29) is 18.1 Å². The van der Waals surface area contributed by atoms with Gasteiger partial charge in [-0.3, -0.25) is 4.79 Å². The van der Waals surface area contributed by atoms with Crippen molar-refractivity contribution in [1.82, 2.24) is 4.90 Å². The Balaban J connectivity index is 1.81. The molecule has 2 saturated heterocycles. The number of amides is 1. The Hall–Kier alpha value is -0.870. The summed E-state index contributed by atoms with van der Waals surface area (Å²) in [6.45, 7) is 3.48. The van der Waals surface area contributed by atoms with E-state index < -0.39 is 0 Å². The molecule has 3 rings (SSSR count). The van der Waals surface area contributed by atoms with E-state index in [0.717, 1.165) is 41.5 Å². The van der Waals surface area contributed by atoms with E-state index in [4.69, 9.17) is 4.74 Å². The molecule has 18 heavy (non-hydrogen) atoms. The Morgan fingerprint density at radius 1 is 1.28 bits per heavy atom. The lowest BCUT2D eigenvalue weighted by atomic mass is 10.1. The first kappa shape index (κ1) is 12.2. The minimum absolute atomic E-state index is 0.125. The van der Waals surface area contributed by atoms with Crippen molar-refractivity contribution in [3.8, 4) is 0 Å². The molecule has 0 spiro atoms. The molecule has 2 atom stereocenters. The highest BCUT2D eigenvalue weighted by Crippen LogP contribution is 2.27. The fourth-order valence-electron chi connectivity index (χ4n) is 2.82. The molecule has 0 saturated carbocycles. The molecule has 2 fully saturated rings. The first-order valence-corrected chi connectivity index (χ1v) is 7.13. The van der Waals surface area contributed by atoms with Crippen LogP contribution >= 0.6 is 15.9 Å². The van der Waals surface area contributed by atoms with Gasteiger partial charge in [-0.1, -0.05) is 15.9 Å². The van der Waals surface area contributed by atoms with Gasteiger partial charge in [0.1, 0.15) is 0 Å². The van der Waals surface area contributed by atoms with Crippen LogP contribution in [-0.2, 0) is 4.74 Å². The quantitative estimate of drug-likeness (QED) is 0.798. The van der Waals surface area contributed by atoms with Crippen molar-refractivity contribution in [2.45, 2.75) is 32.0 Å². The molecule has 0 aromatic heterocycles. The van der Waals surface area contributed by atoms with Crippen molar-refractivity contribution in [2.75, 3.05) is 13.1 Å². The van der Waals surface area contributed by atoms with Gasteiger partial charge in [-0.05, 0) is 43.5 Å². The topological polar surface area (TPSA) is 29.5 Å². The van der Waals surface area contributed by atoms with Crippen molar-refractivity contribution in [3.05, 3.63) is 33.8 Å². The number of morpholine rings is 1. The lowest BCUT2D eigenvalue weighted by Gasteiger charge is -2.32. The molecule has 0 N–H and O–H groups in total. The zero-order valence-electron chi connectivity index (χ0n) is 10.4. The van der Waals surface area contributed by atoms with Crippen LogP contribution in [-0.4, -0.2) is 36.1 Å². The van der Waals surface area contributed by atoms with Gasteiger partial charge in [0, 0.05) is 23.1 Å². The molecule has 1 aromatic carbocycles. The summed E-state index contributed by atoms with van der Waals surface area (Å²) in [6.07, 6.45) is 2.68. The fraction of sp³-hybridized carbons (Fsp3) is 0.500. The van der Waals surface area contributed by atoms with Crippen LogP contribution in [0.2, 0.25) is 0 Å². The average molecular weight is 310 g/mol. The number of rotatable bonds is 1. The second kappa shape index (κ2) is 4.67. The van der Waals surface area contributed by atoms with Crippen LogP contribution in [0.25, 0.3) is 0 Å². The van der Waals surface area contributed by atoms with Gasteiger partial charge in [-0.2, -0.15) is 0 Å². The first-order chi connectivity index (χ1) is 8.61. The van der Waals surface area contributed by atoms with E-state index in [2.05, 4.69) is 15.9 Å². The Bertz CT molecular complexity index is 456. The summed E-state index contributed by atoms with van der Waals surface area (Å²) < 4.78 is 6.72.